The van der Waals surface area contributed by atoms with Crippen LogP contribution in [0.5, 0.6) is 0 Å². The maximum absolute atomic E-state index is 12.0. The molecule has 0 bridgehead atoms. The van der Waals surface area contributed by atoms with Crippen LogP contribution in [0.3, 0.4) is 0 Å². The first-order chi connectivity index (χ1) is 13.4. The van der Waals surface area contributed by atoms with Crippen LogP contribution in [0.1, 0.15) is 33.6 Å². The summed E-state index contributed by atoms with van der Waals surface area (Å²) in [5.74, 6) is -1.55. The Hall–Kier alpha value is -3.75. The fourth-order valence-corrected chi connectivity index (χ4v) is 2.37. The number of hydrogen-bond donors (Lipinski definition) is 2. The third kappa shape index (κ3) is 5.13. The van der Waals surface area contributed by atoms with Crippen molar-refractivity contribution in [3.8, 4) is 0 Å². The predicted molar refractivity (Wildman–Crippen MR) is 98.9 cm³/mol. The molecule has 2 aromatic carbocycles. The van der Waals surface area contributed by atoms with Crippen molar-refractivity contribution in [2.24, 2.45) is 0 Å². The topological polar surface area (TPSA) is 128 Å². The minimum absolute atomic E-state index is 0.0946. The summed E-state index contributed by atoms with van der Waals surface area (Å²) in [5, 5.41) is 16.0. The number of nitrogens with one attached hydrogen (secondary N) is 2. The quantitative estimate of drug-likeness (QED) is 0.429. The van der Waals surface area contributed by atoms with Gasteiger partial charge >= 0.3 is 5.97 Å². The van der Waals surface area contributed by atoms with Crippen LogP contribution < -0.4 is 10.6 Å². The molecule has 0 atom stereocenters. The average Bonchev–Trinajstić information content (AvgIpc) is 3.50. The lowest BCUT2D eigenvalue weighted by atomic mass is 10.2. The van der Waals surface area contributed by atoms with Crippen LogP contribution in [-0.4, -0.2) is 35.4 Å². The number of carbonyl (C=O) groups excluding carboxylic acids is 3. The molecule has 0 heterocycles. The van der Waals surface area contributed by atoms with Crippen molar-refractivity contribution < 1.29 is 24.0 Å². The largest absolute Gasteiger partial charge is 0.452 e. The molecule has 3 rings (SSSR count). The van der Waals surface area contributed by atoms with Crippen molar-refractivity contribution >= 4 is 29.2 Å². The number of nitro groups is 1. The van der Waals surface area contributed by atoms with Crippen LogP contribution in [0.15, 0.2) is 48.5 Å². The first kappa shape index (κ1) is 19.0. The second kappa shape index (κ2) is 8.30. The maximum atomic E-state index is 12.0. The van der Waals surface area contributed by atoms with E-state index in [-0.39, 0.29) is 23.2 Å². The van der Waals surface area contributed by atoms with E-state index in [4.69, 9.17) is 4.74 Å². The monoisotopic (exact) mass is 383 g/mol. The van der Waals surface area contributed by atoms with Crippen LogP contribution in [-0.2, 0) is 9.53 Å². The molecule has 1 aliphatic carbocycles. The highest BCUT2D eigenvalue weighted by atomic mass is 16.6. The summed E-state index contributed by atoms with van der Waals surface area (Å²) in [6.45, 7) is -0.533. The summed E-state index contributed by atoms with van der Waals surface area (Å²) < 4.78 is 4.90. The minimum Gasteiger partial charge on any atom is -0.452 e. The van der Waals surface area contributed by atoms with Gasteiger partial charge in [-0.3, -0.25) is 19.7 Å². The second-order valence-electron chi connectivity index (χ2n) is 6.26. The summed E-state index contributed by atoms with van der Waals surface area (Å²) in [6.07, 6.45) is 1.95. The summed E-state index contributed by atoms with van der Waals surface area (Å²) in [5.41, 5.74) is 0.768. The third-order valence-electron chi connectivity index (χ3n) is 3.97. The number of anilines is 1. The van der Waals surface area contributed by atoms with Crippen molar-refractivity contribution in [3.63, 3.8) is 0 Å². The Morgan fingerprint density at radius 2 is 1.79 bits per heavy atom. The molecule has 9 nitrogen and oxygen atoms in total. The molecule has 0 aliphatic heterocycles. The molecule has 0 spiro atoms. The SMILES string of the molecule is O=C(COC(=O)c1ccc([N+](=O)[O-])cc1)Nc1cccc(C(=O)NC2CC2)c1. The van der Waals surface area contributed by atoms with Crippen molar-refractivity contribution in [2.45, 2.75) is 18.9 Å². The van der Waals surface area contributed by atoms with Crippen LogP contribution in [0.4, 0.5) is 11.4 Å². The highest BCUT2D eigenvalue weighted by molar-refractivity contribution is 5.98. The maximum Gasteiger partial charge on any atom is 0.338 e. The number of nitro benzene ring substituents is 1. The van der Waals surface area contributed by atoms with E-state index < -0.39 is 23.4 Å². The molecule has 1 aliphatic rings. The molecule has 2 amide bonds. The van der Waals surface area contributed by atoms with Gasteiger partial charge in [-0.2, -0.15) is 0 Å². The Bertz CT molecular complexity index is 922. The standard InChI is InChI=1S/C19H17N3O6/c23-17(11-28-19(25)12-4-8-16(9-5-12)22(26)27)20-15-3-1-2-13(10-15)18(24)21-14-6-7-14/h1-5,8-10,14H,6-7,11H2,(H,20,23)(H,21,24). The smallest absolute Gasteiger partial charge is 0.338 e. The number of ether oxygens (including phenoxy) is 1. The fourth-order valence-electron chi connectivity index (χ4n) is 2.37. The number of non-ortho nitro benzene ring substituents is 1. The van der Waals surface area contributed by atoms with Crippen LogP contribution in [0.2, 0.25) is 0 Å². The Labute approximate surface area is 159 Å². The van der Waals surface area contributed by atoms with Crippen molar-refractivity contribution in [1.29, 1.82) is 0 Å². The van der Waals surface area contributed by atoms with Crippen molar-refractivity contribution in [3.05, 3.63) is 69.8 Å². The number of hydrogen-bond acceptors (Lipinski definition) is 6. The number of amides is 2. The molecule has 0 aromatic heterocycles. The van der Waals surface area contributed by atoms with E-state index in [0.29, 0.717) is 11.3 Å². The number of rotatable bonds is 7. The minimum atomic E-state index is -0.775. The lowest BCUT2D eigenvalue weighted by molar-refractivity contribution is -0.384. The number of nitrogens with zero attached hydrogens (tertiary/aromatic N) is 1. The molecule has 9 heteroatoms. The van der Waals surface area contributed by atoms with Gasteiger partial charge in [0.15, 0.2) is 6.61 Å². The molecule has 1 saturated carbocycles. The van der Waals surface area contributed by atoms with Gasteiger partial charge < -0.3 is 15.4 Å². The molecule has 0 radical (unpaired) electrons. The van der Waals surface area contributed by atoms with E-state index in [9.17, 15) is 24.5 Å². The third-order valence-corrected chi connectivity index (χ3v) is 3.97. The normalized spacial score (nSPS) is 12.7. The molecule has 1 fully saturated rings. The Morgan fingerprint density at radius 1 is 1.07 bits per heavy atom. The fraction of sp³-hybridized carbons (Fsp3) is 0.211. The summed E-state index contributed by atoms with van der Waals surface area (Å²) in [7, 11) is 0. The first-order valence-electron chi connectivity index (χ1n) is 8.55. The molecule has 28 heavy (non-hydrogen) atoms. The predicted octanol–water partition coefficient (Wildman–Crippen LogP) is 2.28. The Balaban J connectivity index is 1.51. The van der Waals surface area contributed by atoms with Gasteiger partial charge in [0, 0.05) is 29.4 Å². The van der Waals surface area contributed by atoms with Crippen LogP contribution in [0, 0.1) is 10.1 Å². The van der Waals surface area contributed by atoms with E-state index in [0.717, 1.165) is 12.8 Å². The van der Waals surface area contributed by atoms with Gasteiger partial charge in [0.2, 0.25) is 0 Å². The van der Waals surface area contributed by atoms with Gasteiger partial charge in [-0.1, -0.05) is 6.07 Å². The molecule has 0 unspecified atom stereocenters. The van der Waals surface area contributed by atoms with E-state index in [1.165, 1.54) is 30.3 Å². The van der Waals surface area contributed by atoms with Gasteiger partial charge in [0.25, 0.3) is 17.5 Å². The zero-order valence-corrected chi connectivity index (χ0v) is 14.7. The molecule has 0 saturated heterocycles. The molecule has 2 N–H and O–H groups in total. The van der Waals surface area contributed by atoms with Crippen LogP contribution >= 0.6 is 0 Å². The van der Waals surface area contributed by atoms with E-state index in [1.54, 1.807) is 18.2 Å². The van der Waals surface area contributed by atoms with E-state index in [2.05, 4.69) is 10.6 Å². The molecule has 2 aromatic rings. The second-order valence-corrected chi connectivity index (χ2v) is 6.26. The Kier molecular flexibility index (Phi) is 5.64. The number of carbonyl (C=O) groups is 3. The lowest BCUT2D eigenvalue weighted by Crippen LogP contribution is -2.25. The van der Waals surface area contributed by atoms with Gasteiger partial charge in [0.05, 0.1) is 10.5 Å². The first-order valence-corrected chi connectivity index (χ1v) is 8.55. The van der Waals surface area contributed by atoms with Gasteiger partial charge in [-0.25, -0.2) is 4.79 Å². The van der Waals surface area contributed by atoms with Crippen molar-refractivity contribution in [2.75, 3.05) is 11.9 Å². The van der Waals surface area contributed by atoms with E-state index >= 15 is 0 Å². The summed E-state index contributed by atoms with van der Waals surface area (Å²) >= 11 is 0. The zero-order valence-electron chi connectivity index (χ0n) is 14.7. The number of esters is 1. The van der Waals surface area contributed by atoms with Crippen molar-refractivity contribution in [1.82, 2.24) is 5.32 Å². The van der Waals surface area contributed by atoms with Crippen LogP contribution in [0.25, 0.3) is 0 Å². The molecular formula is C19H17N3O6. The zero-order chi connectivity index (χ0) is 20.1. The number of benzene rings is 2. The van der Waals surface area contributed by atoms with Gasteiger partial charge in [-0.15, -0.1) is 0 Å². The molecular weight excluding hydrogens is 366 g/mol. The van der Waals surface area contributed by atoms with Gasteiger partial charge in [-0.05, 0) is 43.2 Å². The highest BCUT2D eigenvalue weighted by Crippen LogP contribution is 2.20. The average molecular weight is 383 g/mol. The molecule has 144 valence electrons. The van der Waals surface area contributed by atoms with Gasteiger partial charge in [0.1, 0.15) is 0 Å². The summed E-state index contributed by atoms with van der Waals surface area (Å²) in [4.78, 5) is 45.9. The summed E-state index contributed by atoms with van der Waals surface area (Å²) in [6, 6.07) is 11.5. The highest BCUT2D eigenvalue weighted by Gasteiger charge is 2.23. The Morgan fingerprint density at radius 3 is 2.43 bits per heavy atom. The lowest BCUT2D eigenvalue weighted by Gasteiger charge is -2.08. The van der Waals surface area contributed by atoms with E-state index in [1.807, 2.05) is 0 Å².